The van der Waals surface area contributed by atoms with Crippen molar-refractivity contribution in [2.45, 2.75) is 38.6 Å². The van der Waals surface area contributed by atoms with Gasteiger partial charge in [0.15, 0.2) is 0 Å². The molecule has 6 rings (SSSR count). The summed E-state index contributed by atoms with van der Waals surface area (Å²) >= 11 is 1.72. The SMILES string of the molecule is CN(CCN1CCCC1)C(=O)C1CCc2c(sc3ncnc(Nc4ccc5c(c4)C=NC5)c23)C1. The quantitative estimate of drug-likeness (QED) is 0.584. The number of hydrogen-bond donors (Lipinski definition) is 1. The Morgan fingerprint density at radius 3 is 3.03 bits per heavy atom. The van der Waals surface area contributed by atoms with E-state index in [1.165, 1.54) is 41.9 Å². The molecule has 1 amide bonds. The Balaban J connectivity index is 1.19. The van der Waals surface area contributed by atoms with E-state index in [2.05, 4.69) is 43.4 Å². The molecule has 0 spiro atoms. The molecule has 34 heavy (non-hydrogen) atoms. The van der Waals surface area contributed by atoms with Crippen LogP contribution in [0.3, 0.4) is 0 Å². The lowest BCUT2D eigenvalue weighted by molar-refractivity contribution is -0.134. The largest absolute Gasteiger partial charge is 0.344 e. The summed E-state index contributed by atoms with van der Waals surface area (Å²) in [6, 6.07) is 6.35. The number of rotatable bonds is 6. The maximum atomic E-state index is 13.2. The monoisotopic (exact) mass is 474 g/mol. The number of likely N-dealkylation sites (tertiary alicyclic amines) is 1. The molecule has 3 aromatic rings. The molecular weight excluding hydrogens is 444 g/mol. The van der Waals surface area contributed by atoms with Crippen molar-refractivity contribution in [3.8, 4) is 0 Å². The van der Waals surface area contributed by atoms with Gasteiger partial charge in [-0.1, -0.05) is 6.07 Å². The molecule has 7 nitrogen and oxygen atoms in total. The van der Waals surface area contributed by atoms with E-state index in [0.29, 0.717) is 0 Å². The molecule has 2 aliphatic heterocycles. The van der Waals surface area contributed by atoms with Gasteiger partial charge in [-0.2, -0.15) is 0 Å². The van der Waals surface area contributed by atoms with Gasteiger partial charge in [-0.25, -0.2) is 9.97 Å². The minimum absolute atomic E-state index is 0.0597. The third-order valence-electron chi connectivity index (χ3n) is 7.42. The summed E-state index contributed by atoms with van der Waals surface area (Å²) in [6.07, 6.45) is 8.72. The van der Waals surface area contributed by atoms with Crippen molar-refractivity contribution in [2.24, 2.45) is 10.9 Å². The van der Waals surface area contributed by atoms with E-state index in [-0.39, 0.29) is 11.8 Å². The predicted molar refractivity (Wildman–Crippen MR) is 137 cm³/mol. The highest BCUT2D eigenvalue weighted by atomic mass is 32.1. The standard InChI is InChI=1S/C26H30N6OS/c1-31(10-11-32-8-2-3-9-32)26(33)17-5-7-21-22(13-17)34-25-23(21)24(28-16-29-25)30-20-6-4-18-14-27-15-19(18)12-20/h4,6,12,15-17H,2-3,5,7-11,13-14H2,1H3,(H,28,29,30). The van der Waals surface area contributed by atoms with Crippen molar-refractivity contribution in [3.05, 3.63) is 46.1 Å². The molecule has 0 bridgehead atoms. The van der Waals surface area contributed by atoms with Crippen molar-refractivity contribution in [2.75, 3.05) is 38.5 Å². The minimum atomic E-state index is 0.0597. The fraction of sp³-hybridized carbons (Fsp3) is 0.462. The number of nitrogens with zero attached hydrogens (tertiary/aromatic N) is 5. The van der Waals surface area contributed by atoms with Gasteiger partial charge in [0.05, 0.1) is 11.9 Å². The number of aromatic nitrogens is 2. The zero-order chi connectivity index (χ0) is 23.1. The number of likely N-dealkylation sites (N-methyl/N-ethyl adjacent to an activating group) is 1. The van der Waals surface area contributed by atoms with Crippen LogP contribution in [0.1, 0.15) is 40.8 Å². The summed E-state index contributed by atoms with van der Waals surface area (Å²) in [4.78, 5) is 33.4. The summed E-state index contributed by atoms with van der Waals surface area (Å²) in [5, 5.41) is 4.64. The van der Waals surface area contributed by atoms with Crippen LogP contribution in [0.2, 0.25) is 0 Å². The molecule has 1 saturated heterocycles. The van der Waals surface area contributed by atoms with Crippen molar-refractivity contribution in [3.63, 3.8) is 0 Å². The lowest BCUT2D eigenvalue weighted by atomic mass is 9.87. The molecule has 3 aliphatic rings. The molecule has 8 heteroatoms. The van der Waals surface area contributed by atoms with Crippen molar-refractivity contribution in [1.82, 2.24) is 19.8 Å². The second-order valence-corrected chi connectivity index (χ2v) is 10.7. The molecule has 0 saturated carbocycles. The number of thiophene rings is 1. The number of anilines is 2. The van der Waals surface area contributed by atoms with Crippen LogP contribution in [0, 0.1) is 5.92 Å². The normalized spacial score (nSPS) is 19.4. The Morgan fingerprint density at radius 1 is 1.26 bits per heavy atom. The van der Waals surface area contributed by atoms with Crippen molar-refractivity contribution >= 4 is 45.2 Å². The lowest BCUT2D eigenvalue weighted by Crippen LogP contribution is -2.39. The lowest BCUT2D eigenvalue weighted by Gasteiger charge is -2.28. The van der Waals surface area contributed by atoms with Crippen LogP contribution in [0.15, 0.2) is 29.5 Å². The van der Waals surface area contributed by atoms with Gasteiger partial charge in [-0.15, -0.1) is 11.3 Å². The molecule has 1 fully saturated rings. The van der Waals surface area contributed by atoms with E-state index in [1.807, 2.05) is 18.2 Å². The molecular formula is C26H30N6OS. The van der Waals surface area contributed by atoms with E-state index in [1.54, 1.807) is 17.7 Å². The van der Waals surface area contributed by atoms with E-state index in [0.717, 1.165) is 66.2 Å². The van der Waals surface area contributed by atoms with E-state index in [9.17, 15) is 4.79 Å². The summed E-state index contributed by atoms with van der Waals surface area (Å²) in [5.41, 5.74) is 4.75. The maximum Gasteiger partial charge on any atom is 0.225 e. The summed E-state index contributed by atoms with van der Waals surface area (Å²) in [7, 11) is 1.97. The van der Waals surface area contributed by atoms with Crippen LogP contribution in [-0.4, -0.2) is 65.1 Å². The van der Waals surface area contributed by atoms with Gasteiger partial charge >= 0.3 is 0 Å². The molecule has 1 unspecified atom stereocenters. The Morgan fingerprint density at radius 2 is 2.15 bits per heavy atom. The Hall–Kier alpha value is -2.84. The number of carbonyl (C=O) groups is 1. The smallest absolute Gasteiger partial charge is 0.225 e. The number of fused-ring (bicyclic) bond motifs is 4. The van der Waals surface area contributed by atoms with Gasteiger partial charge in [-0.05, 0) is 74.0 Å². The fourth-order valence-electron chi connectivity index (χ4n) is 5.45. The van der Waals surface area contributed by atoms with E-state index in [4.69, 9.17) is 0 Å². The second-order valence-electron chi connectivity index (χ2n) is 9.66. The molecule has 0 radical (unpaired) electrons. The Bertz CT molecular complexity index is 1260. The maximum absolute atomic E-state index is 13.2. The molecule has 4 heterocycles. The number of nitrogens with one attached hydrogen (secondary N) is 1. The first kappa shape index (κ1) is 21.7. The Labute approximate surface area is 203 Å². The number of amides is 1. The molecule has 176 valence electrons. The van der Waals surface area contributed by atoms with Crippen molar-refractivity contribution in [1.29, 1.82) is 0 Å². The highest BCUT2D eigenvalue weighted by Gasteiger charge is 2.31. The van der Waals surface area contributed by atoms with Gasteiger partial charge < -0.3 is 15.1 Å². The topological polar surface area (TPSA) is 73.7 Å². The summed E-state index contributed by atoms with van der Waals surface area (Å²) in [5.74, 6) is 1.20. The number of carbonyl (C=O) groups excluding carboxylic acids is 1. The molecule has 1 aliphatic carbocycles. The van der Waals surface area contributed by atoms with Gasteiger partial charge in [0, 0.05) is 42.8 Å². The zero-order valence-electron chi connectivity index (χ0n) is 19.6. The molecule has 1 N–H and O–H groups in total. The first-order valence-corrected chi connectivity index (χ1v) is 13.1. The first-order valence-electron chi connectivity index (χ1n) is 12.3. The second kappa shape index (κ2) is 9.07. The van der Waals surface area contributed by atoms with Crippen LogP contribution in [-0.2, 0) is 24.2 Å². The Kier molecular flexibility index (Phi) is 5.79. The van der Waals surface area contributed by atoms with Gasteiger partial charge in [0.1, 0.15) is 17.0 Å². The van der Waals surface area contributed by atoms with Crippen LogP contribution in [0.4, 0.5) is 11.5 Å². The van der Waals surface area contributed by atoms with Crippen molar-refractivity contribution < 1.29 is 4.79 Å². The van der Waals surface area contributed by atoms with Crippen LogP contribution in [0.25, 0.3) is 10.2 Å². The molecule has 2 aromatic heterocycles. The van der Waals surface area contributed by atoms with E-state index >= 15 is 0 Å². The number of benzene rings is 1. The predicted octanol–water partition coefficient (Wildman–Crippen LogP) is 4.03. The van der Waals surface area contributed by atoms with Gasteiger partial charge in [0.2, 0.25) is 5.91 Å². The first-order chi connectivity index (χ1) is 16.7. The summed E-state index contributed by atoms with van der Waals surface area (Å²) in [6.45, 7) is 4.92. The summed E-state index contributed by atoms with van der Waals surface area (Å²) < 4.78 is 0. The minimum Gasteiger partial charge on any atom is -0.344 e. The third kappa shape index (κ3) is 4.09. The highest BCUT2D eigenvalue weighted by Crippen LogP contribution is 2.40. The third-order valence-corrected chi connectivity index (χ3v) is 8.58. The fourth-order valence-corrected chi connectivity index (χ4v) is 6.72. The van der Waals surface area contributed by atoms with Gasteiger partial charge in [-0.3, -0.25) is 9.79 Å². The number of aryl methyl sites for hydroxylation is 1. The van der Waals surface area contributed by atoms with Crippen LogP contribution < -0.4 is 5.32 Å². The van der Waals surface area contributed by atoms with E-state index < -0.39 is 0 Å². The average molecular weight is 475 g/mol. The van der Waals surface area contributed by atoms with Gasteiger partial charge in [0.25, 0.3) is 0 Å². The highest BCUT2D eigenvalue weighted by molar-refractivity contribution is 7.19. The zero-order valence-corrected chi connectivity index (χ0v) is 20.4. The number of hydrogen-bond acceptors (Lipinski definition) is 7. The number of aliphatic imine (C=N–C) groups is 1. The van der Waals surface area contributed by atoms with Crippen LogP contribution in [0.5, 0.6) is 0 Å². The molecule has 1 atom stereocenters. The average Bonchev–Trinajstić information content (AvgIpc) is 3.61. The molecule has 1 aromatic carbocycles. The van der Waals surface area contributed by atoms with Crippen LogP contribution >= 0.6 is 11.3 Å².